The van der Waals surface area contributed by atoms with Crippen molar-refractivity contribution >= 4 is 35.9 Å². The number of likely N-dealkylation sites (tertiary alicyclic amines) is 1. The minimum Gasteiger partial charge on any atom is -0.493 e. The van der Waals surface area contributed by atoms with Crippen LogP contribution in [-0.2, 0) is 11.3 Å². The van der Waals surface area contributed by atoms with Crippen LogP contribution in [0, 0.1) is 11.6 Å². The molecule has 1 aliphatic heterocycles. The first-order chi connectivity index (χ1) is 23.1. The number of ether oxygens (including phenoxy) is 3. The summed E-state index contributed by atoms with van der Waals surface area (Å²) in [7, 11) is 3.09. The van der Waals surface area contributed by atoms with Crippen LogP contribution in [-0.4, -0.2) is 80.7 Å². The molecule has 1 saturated heterocycles. The zero-order valence-electron chi connectivity index (χ0n) is 27.9. The topological polar surface area (TPSA) is 135 Å². The van der Waals surface area contributed by atoms with E-state index in [2.05, 4.69) is 15.5 Å². The Bertz CT molecular complexity index is 1570. The lowest BCUT2D eigenvalue weighted by atomic mass is 10.0. The molecule has 1 heterocycles. The van der Waals surface area contributed by atoms with E-state index in [4.69, 9.17) is 19.9 Å². The molecule has 0 spiro atoms. The predicted molar refractivity (Wildman–Crippen MR) is 185 cm³/mol. The molecule has 49 heavy (non-hydrogen) atoms. The van der Waals surface area contributed by atoms with Gasteiger partial charge in [-0.05, 0) is 61.2 Å². The fourth-order valence-corrected chi connectivity index (χ4v) is 5.50. The van der Waals surface area contributed by atoms with Crippen LogP contribution in [0.25, 0.3) is 0 Å². The van der Waals surface area contributed by atoms with E-state index in [1.165, 1.54) is 7.11 Å². The van der Waals surface area contributed by atoms with Gasteiger partial charge in [-0.3, -0.25) is 14.5 Å². The number of nitrogens with one attached hydrogen (secondary N) is 2. The van der Waals surface area contributed by atoms with Gasteiger partial charge >= 0.3 is 6.03 Å². The Balaban J connectivity index is 0.00000650. The van der Waals surface area contributed by atoms with Crippen LogP contribution in [0.1, 0.15) is 58.9 Å². The second-order valence-electron chi connectivity index (χ2n) is 11.5. The number of carbonyl (C=O) groups excluding carboxylic acids is 3. The normalized spacial score (nSPS) is 13.2. The van der Waals surface area contributed by atoms with Crippen molar-refractivity contribution in [3.05, 3.63) is 82.9 Å². The zero-order chi connectivity index (χ0) is 34.6. The van der Waals surface area contributed by atoms with Gasteiger partial charge in [0.05, 0.1) is 25.0 Å². The molecule has 4 rings (SSSR count). The number of benzene rings is 3. The van der Waals surface area contributed by atoms with Crippen LogP contribution in [0.2, 0.25) is 0 Å². The Morgan fingerprint density at radius 2 is 1.69 bits per heavy atom. The lowest BCUT2D eigenvalue weighted by Crippen LogP contribution is -2.49. The molecule has 4 amide bonds. The van der Waals surface area contributed by atoms with E-state index >= 15 is 0 Å². The average Bonchev–Trinajstić information content (AvgIpc) is 3.07. The molecule has 0 unspecified atom stereocenters. The van der Waals surface area contributed by atoms with Crippen molar-refractivity contribution in [1.82, 2.24) is 15.1 Å². The highest BCUT2D eigenvalue weighted by Gasteiger charge is 2.29. The van der Waals surface area contributed by atoms with Gasteiger partial charge in [0.1, 0.15) is 17.4 Å². The molecule has 0 radical (unpaired) electrons. The third-order valence-electron chi connectivity index (χ3n) is 8.15. The average molecular weight is 704 g/mol. The van der Waals surface area contributed by atoms with Crippen LogP contribution in [0.4, 0.5) is 19.3 Å². The quantitative estimate of drug-likeness (QED) is 0.166. The monoisotopic (exact) mass is 703 g/mol. The molecular formula is C35H44ClF2N5O6. The second kappa shape index (κ2) is 18.9. The molecule has 11 nitrogen and oxygen atoms in total. The molecule has 1 aliphatic rings. The number of hydrogen-bond donors (Lipinski definition) is 3. The van der Waals surface area contributed by atoms with Gasteiger partial charge in [-0.2, -0.15) is 0 Å². The summed E-state index contributed by atoms with van der Waals surface area (Å²) in [4.78, 5) is 41.2. The highest BCUT2D eigenvalue weighted by Crippen LogP contribution is 2.33. The third kappa shape index (κ3) is 10.8. The SMILES string of the molecule is CCCCN(C(=O)Nc1cc(C(N)=O)c(F)cc1F)C1CCN(Cc2ccc(Oc3ccc(C(=O)NCCOC)cc3OC)cc2)CC1.Cl. The first kappa shape index (κ1) is 39.0. The number of rotatable bonds is 15. The summed E-state index contributed by atoms with van der Waals surface area (Å²) in [6, 6.07) is 13.6. The molecule has 3 aromatic carbocycles. The number of primary amides is 1. The van der Waals surface area contributed by atoms with Crippen LogP contribution in [0.15, 0.2) is 54.6 Å². The number of nitrogens with zero attached hydrogens (tertiary/aromatic N) is 2. The predicted octanol–water partition coefficient (Wildman–Crippen LogP) is 5.96. The number of carbonyl (C=O) groups is 3. The third-order valence-corrected chi connectivity index (χ3v) is 8.15. The molecule has 4 N–H and O–H groups in total. The van der Waals surface area contributed by atoms with Gasteiger partial charge < -0.3 is 35.5 Å². The van der Waals surface area contributed by atoms with Crippen molar-refractivity contribution in [2.24, 2.45) is 5.73 Å². The number of unbranched alkanes of at least 4 members (excludes halogenated alkanes) is 1. The zero-order valence-corrected chi connectivity index (χ0v) is 28.7. The maximum Gasteiger partial charge on any atom is 0.322 e. The Morgan fingerprint density at radius 1 is 0.980 bits per heavy atom. The van der Waals surface area contributed by atoms with Crippen molar-refractivity contribution in [3.8, 4) is 17.2 Å². The van der Waals surface area contributed by atoms with Gasteiger partial charge in [-0.25, -0.2) is 13.6 Å². The number of urea groups is 1. The molecule has 3 aromatic rings. The molecule has 0 aliphatic carbocycles. The summed E-state index contributed by atoms with van der Waals surface area (Å²) in [5.41, 5.74) is 5.95. The van der Waals surface area contributed by atoms with Crippen molar-refractivity contribution in [3.63, 3.8) is 0 Å². The van der Waals surface area contributed by atoms with E-state index in [1.54, 1.807) is 30.2 Å². The standard InChI is InChI=1S/C35H43F2N5O6.ClH/c1-4-5-15-42(35(45)40-30-20-27(33(38)43)28(36)21-29(30)37)25-12-16-41(17-13-25)22-23-6-9-26(10-7-23)48-31-11-8-24(19-32(31)47-3)34(44)39-14-18-46-2;/h6-11,19-21,25H,4-5,12-18,22H2,1-3H3,(H2,38,43)(H,39,44)(H,40,45);1H. The van der Waals surface area contributed by atoms with Gasteiger partial charge in [0.25, 0.3) is 11.8 Å². The number of halogens is 3. The molecular weight excluding hydrogens is 660 g/mol. The Kier molecular flexibility index (Phi) is 15.0. The van der Waals surface area contributed by atoms with Crippen LogP contribution < -0.4 is 25.8 Å². The van der Waals surface area contributed by atoms with Crippen LogP contribution in [0.5, 0.6) is 17.2 Å². The summed E-state index contributed by atoms with van der Waals surface area (Å²) in [5.74, 6) is -1.82. The number of methoxy groups -OCH3 is 2. The summed E-state index contributed by atoms with van der Waals surface area (Å²) in [6.07, 6.45) is 3.07. The molecule has 14 heteroatoms. The van der Waals surface area contributed by atoms with E-state index in [9.17, 15) is 23.2 Å². The smallest absolute Gasteiger partial charge is 0.322 e. The number of nitrogens with two attached hydrogens (primary N) is 1. The molecule has 0 bridgehead atoms. The summed E-state index contributed by atoms with van der Waals surface area (Å²) >= 11 is 0. The highest BCUT2D eigenvalue weighted by atomic mass is 35.5. The maximum atomic E-state index is 14.5. The number of anilines is 1. The number of hydrogen-bond acceptors (Lipinski definition) is 7. The minimum atomic E-state index is -1.08. The van der Waals surface area contributed by atoms with E-state index in [0.717, 1.165) is 50.4 Å². The Morgan fingerprint density at radius 3 is 2.33 bits per heavy atom. The molecule has 0 saturated carbocycles. The fraction of sp³-hybridized carbons (Fsp3) is 0.400. The minimum absolute atomic E-state index is 0. The Labute approximate surface area is 291 Å². The molecule has 266 valence electrons. The summed E-state index contributed by atoms with van der Waals surface area (Å²) < 4.78 is 44.9. The molecule has 0 atom stereocenters. The number of piperidine rings is 1. The maximum absolute atomic E-state index is 14.5. The van der Waals surface area contributed by atoms with Crippen LogP contribution in [0.3, 0.4) is 0 Å². The van der Waals surface area contributed by atoms with Crippen molar-refractivity contribution < 1.29 is 37.4 Å². The van der Waals surface area contributed by atoms with Crippen molar-refractivity contribution in [2.45, 2.75) is 45.2 Å². The van der Waals surface area contributed by atoms with Gasteiger partial charge in [-0.1, -0.05) is 25.5 Å². The fourth-order valence-electron chi connectivity index (χ4n) is 5.50. The molecule has 0 aromatic heterocycles. The molecule has 1 fully saturated rings. The summed E-state index contributed by atoms with van der Waals surface area (Å²) in [5, 5.41) is 5.30. The Hall–Kier alpha value is -4.46. The largest absolute Gasteiger partial charge is 0.493 e. The van der Waals surface area contributed by atoms with E-state index in [1.807, 2.05) is 31.2 Å². The van der Waals surface area contributed by atoms with E-state index in [-0.39, 0.29) is 30.0 Å². The second-order valence-corrected chi connectivity index (χ2v) is 11.5. The number of amides is 4. The lowest BCUT2D eigenvalue weighted by molar-refractivity contribution is 0.0935. The van der Waals surface area contributed by atoms with Gasteiger partial charge in [0, 0.05) is 57.5 Å². The first-order valence-corrected chi connectivity index (χ1v) is 15.9. The highest BCUT2D eigenvalue weighted by molar-refractivity contribution is 5.96. The lowest BCUT2D eigenvalue weighted by Gasteiger charge is -2.38. The van der Waals surface area contributed by atoms with Crippen LogP contribution >= 0.6 is 12.4 Å². The van der Waals surface area contributed by atoms with Crippen molar-refractivity contribution in [1.29, 1.82) is 0 Å². The van der Waals surface area contributed by atoms with E-state index < -0.39 is 29.1 Å². The van der Waals surface area contributed by atoms with E-state index in [0.29, 0.717) is 55.1 Å². The first-order valence-electron chi connectivity index (χ1n) is 15.9. The summed E-state index contributed by atoms with van der Waals surface area (Å²) in [6.45, 7) is 5.52. The van der Waals surface area contributed by atoms with Crippen molar-refractivity contribution in [2.75, 3.05) is 52.3 Å². The van der Waals surface area contributed by atoms with Gasteiger partial charge in [0.15, 0.2) is 11.5 Å². The van der Waals surface area contributed by atoms with Gasteiger partial charge in [-0.15, -0.1) is 12.4 Å². The van der Waals surface area contributed by atoms with Gasteiger partial charge in [0.2, 0.25) is 0 Å².